The van der Waals surface area contributed by atoms with Crippen LogP contribution in [0.1, 0.15) is 5.56 Å². The molecule has 2 aromatic rings. The van der Waals surface area contributed by atoms with Crippen molar-refractivity contribution >= 4 is 5.69 Å². The van der Waals surface area contributed by atoms with E-state index in [9.17, 15) is 0 Å². The molecule has 17 heavy (non-hydrogen) atoms. The molecule has 0 fully saturated rings. The summed E-state index contributed by atoms with van der Waals surface area (Å²) in [4.78, 5) is 10.5. The molecule has 0 aliphatic rings. The molecular formula is C13H16N4. The number of hydrogen-bond donors (Lipinski definition) is 1. The van der Waals surface area contributed by atoms with Crippen LogP contribution in [0.15, 0.2) is 36.8 Å². The van der Waals surface area contributed by atoms with Crippen molar-refractivity contribution in [2.45, 2.75) is 6.54 Å². The molecule has 4 nitrogen and oxygen atoms in total. The van der Waals surface area contributed by atoms with Crippen molar-refractivity contribution in [2.24, 2.45) is 0 Å². The Labute approximate surface area is 101 Å². The fraction of sp³-hybridized carbons (Fsp3) is 0.231. The highest BCUT2D eigenvalue weighted by Gasteiger charge is 2.05. The molecule has 0 atom stereocenters. The van der Waals surface area contributed by atoms with Crippen molar-refractivity contribution in [3.63, 3.8) is 0 Å². The first-order valence-electron chi connectivity index (χ1n) is 5.46. The summed E-state index contributed by atoms with van der Waals surface area (Å²) < 4.78 is 0. The van der Waals surface area contributed by atoms with Crippen LogP contribution in [-0.2, 0) is 6.54 Å². The second-order valence-electron chi connectivity index (χ2n) is 4.26. The Kier molecular flexibility index (Phi) is 3.35. The molecule has 2 aromatic heterocycles. The van der Waals surface area contributed by atoms with E-state index >= 15 is 0 Å². The summed E-state index contributed by atoms with van der Waals surface area (Å²) in [5.41, 5.74) is 9.66. The molecule has 0 bridgehead atoms. The highest BCUT2D eigenvalue weighted by Crippen LogP contribution is 2.23. The van der Waals surface area contributed by atoms with Gasteiger partial charge in [0, 0.05) is 30.7 Å². The van der Waals surface area contributed by atoms with Gasteiger partial charge in [0.1, 0.15) is 0 Å². The first kappa shape index (κ1) is 11.5. The number of anilines is 1. The van der Waals surface area contributed by atoms with Crippen LogP contribution in [0.3, 0.4) is 0 Å². The number of aromatic nitrogens is 2. The van der Waals surface area contributed by atoms with Crippen molar-refractivity contribution in [3.8, 4) is 11.3 Å². The summed E-state index contributed by atoms with van der Waals surface area (Å²) in [5, 5.41) is 0. The zero-order chi connectivity index (χ0) is 12.3. The van der Waals surface area contributed by atoms with Gasteiger partial charge >= 0.3 is 0 Å². The Morgan fingerprint density at radius 2 is 1.94 bits per heavy atom. The zero-order valence-electron chi connectivity index (χ0n) is 10.1. The van der Waals surface area contributed by atoms with Crippen molar-refractivity contribution in [2.75, 3.05) is 19.8 Å². The lowest BCUT2D eigenvalue weighted by Crippen LogP contribution is -2.11. The van der Waals surface area contributed by atoms with Crippen LogP contribution in [0.25, 0.3) is 11.3 Å². The normalized spacial score (nSPS) is 10.8. The molecule has 0 radical (unpaired) electrons. The van der Waals surface area contributed by atoms with Crippen LogP contribution in [-0.4, -0.2) is 29.0 Å². The average Bonchev–Trinajstić information content (AvgIpc) is 2.29. The van der Waals surface area contributed by atoms with Gasteiger partial charge in [-0.05, 0) is 37.9 Å². The fourth-order valence-electron chi connectivity index (χ4n) is 1.73. The Bertz CT molecular complexity index is 494. The molecule has 0 aliphatic heterocycles. The molecule has 2 heterocycles. The predicted octanol–water partition coefficient (Wildman–Crippen LogP) is 1.79. The Morgan fingerprint density at radius 1 is 1.24 bits per heavy atom. The van der Waals surface area contributed by atoms with E-state index < -0.39 is 0 Å². The van der Waals surface area contributed by atoms with E-state index in [2.05, 4.69) is 14.9 Å². The van der Waals surface area contributed by atoms with E-state index in [0.717, 1.165) is 23.4 Å². The number of pyridine rings is 2. The van der Waals surface area contributed by atoms with Gasteiger partial charge in [-0.1, -0.05) is 0 Å². The van der Waals surface area contributed by atoms with Crippen LogP contribution in [0.5, 0.6) is 0 Å². The van der Waals surface area contributed by atoms with Gasteiger partial charge < -0.3 is 10.6 Å². The topological polar surface area (TPSA) is 55.0 Å². The average molecular weight is 228 g/mol. The van der Waals surface area contributed by atoms with Crippen LogP contribution < -0.4 is 5.73 Å². The number of nitrogens with zero attached hydrogens (tertiary/aromatic N) is 3. The molecule has 0 spiro atoms. The largest absolute Gasteiger partial charge is 0.397 e. The van der Waals surface area contributed by atoms with Crippen LogP contribution in [0.2, 0.25) is 0 Å². The third kappa shape index (κ3) is 2.79. The van der Waals surface area contributed by atoms with Crippen LogP contribution in [0.4, 0.5) is 5.69 Å². The molecule has 0 amide bonds. The van der Waals surface area contributed by atoms with E-state index in [1.807, 2.05) is 38.5 Å². The first-order chi connectivity index (χ1) is 8.16. The molecule has 88 valence electrons. The summed E-state index contributed by atoms with van der Waals surface area (Å²) in [6, 6.07) is 5.79. The van der Waals surface area contributed by atoms with Crippen molar-refractivity contribution in [3.05, 3.63) is 42.4 Å². The van der Waals surface area contributed by atoms with Gasteiger partial charge in [0.25, 0.3) is 0 Å². The predicted molar refractivity (Wildman–Crippen MR) is 69.3 cm³/mol. The van der Waals surface area contributed by atoms with E-state index in [-0.39, 0.29) is 0 Å². The summed E-state index contributed by atoms with van der Waals surface area (Å²) in [6.45, 7) is 0.841. The minimum Gasteiger partial charge on any atom is -0.397 e. The molecule has 0 saturated carbocycles. The molecule has 0 saturated heterocycles. The standard InChI is InChI=1S/C13H16N4/c1-17(2)9-10-7-12(14)13(16-8-10)11-3-5-15-6-4-11/h3-8H,9,14H2,1-2H3. The third-order valence-corrected chi connectivity index (χ3v) is 2.43. The number of nitrogens with two attached hydrogens (primary N) is 1. The molecule has 0 unspecified atom stereocenters. The number of nitrogen functional groups attached to an aromatic ring is 1. The summed E-state index contributed by atoms with van der Waals surface area (Å²) >= 11 is 0. The van der Waals surface area contributed by atoms with Crippen molar-refractivity contribution < 1.29 is 0 Å². The van der Waals surface area contributed by atoms with Gasteiger partial charge in [0.2, 0.25) is 0 Å². The van der Waals surface area contributed by atoms with Gasteiger partial charge in [0.05, 0.1) is 11.4 Å². The van der Waals surface area contributed by atoms with Crippen LogP contribution in [0, 0.1) is 0 Å². The van der Waals surface area contributed by atoms with Gasteiger partial charge in [-0.2, -0.15) is 0 Å². The fourth-order valence-corrected chi connectivity index (χ4v) is 1.73. The summed E-state index contributed by atoms with van der Waals surface area (Å²) in [5.74, 6) is 0. The second kappa shape index (κ2) is 4.93. The van der Waals surface area contributed by atoms with Gasteiger partial charge in [-0.15, -0.1) is 0 Å². The van der Waals surface area contributed by atoms with E-state index in [0.29, 0.717) is 5.69 Å². The van der Waals surface area contributed by atoms with E-state index in [4.69, 9.17) is 5.73 Å². The Balaban J connectivity index is 2.32. The maximum absolute atomic E-state index is 6.03. The SMILES string of the molecule is CN(C)Cc1cnc(-c2ccncc2)c(N)c1. The van der Waals surface area contributed by atoms with Gasteiger partial charge in [-0.25, -0.2) is 0 Å². The van der Waals surface area contributed by atoms with Gasteiger partial charge in [-0.3, -0.25) is 9.97 Å². The molecule has 2 N–H and O–H groups in total. The second-order valence-corrected chi connectivity index (χ2v) is 4.26. The lowest BCUT2D eigenvalue weighted by Gasteiger charge is -2.11. The number of hydrogen-bond acceptors (Lipinski definition) is 4. The van der Waals surface area contributed by atoms with Crippen molar-refractivity contribution in [1.29, 1.82) is 0 Å². The lowest BCUT2D eigenvalue weighted by atomic mass is 10.1. The minimum absolute atomic E-state index is 0.704. The summed E-state index contributed by atoms with van der Waals surface area (Å²) in [6.07, 6.45) is 5.35. The van der Waals surface area contributed by atoms with E-state index in [1.165, 1.54) is 0 Å². The third-order valence-electron chi connectivity index (χ3n) is 2.43. The maximum atomic E-state index is 6.03. The first-order valence-corrected chi connectivity index (χ1v) is 5.46. The minimum atomic E-state index is 0.704. The van der Waals surface area contributed by atoms with Crippen LogP contribution >= 0.6 is 0 Å². The monoisotopic (exact) mass is 228 g/mol. The molecule has 0 aliphatic carbocycles. The highest BCUT2D eigenvalue weighted by molar-refractivity contribution is 5.72. The zero-order valence-corrected chi connectivity index (χ0v) is 10.1. The van der Waals surface area contributed by atoms with E-state index in [1.54, 1.807) is 12.4 Å². The smallest absolute Gasteiger partial charge is 0.0932 e. The molecule has 4 heteroatoms. The summed E-state index contributed by atoms with van der Waals surface area (Å²) in [7, 11) is 4.04. The highest BCUT2D eigenvalue weighted by atomic mass is 15.0. The molecular weight excluding hydrogens is 212 g/mol. The lowest BCUT2D eigenvalue weighted by molar-refractivity contribution is 0.402. The number of rotatable bonds is 3. The molecule has 0 aromatic carbocycles. The molecule has 2 rings (SSSR count). The van der Waals surface area contributed by atoms with Crippen molar-refractivity contribution in [1.82, 2.24) is 14.9 Å². The Morgan fingerprint density at radius 3 is 2.53 bits per heavy atom. The Hall–Kier alpha value is -1.94. The quantitative estimate of drug-likeness (QED) is 0.870. The maximum Gasteiger partial charge on any atom is 0.0932 e. The van der Waals surface area contributed by atoms with Gasteiger partial charge in [0.15, 0.2) is 0 Å².